The van der Waals surface area contributed by atoms with Gasteiger partial charge in [-0.2, -0.15) is 0 Å². The van der Waals surface area contributed by atoms with Gasteiger partial charge in [0.05, 0.1) is 0 Å². The molecule has 312 valence electrons. The molecule has 2 heterocycles. The quantitative estimate of drug-likeness (QED) is 0.156. The van der Waals surface area contributed by atoms with Crippen molar-refractivity contribution < 1.29 is 8.83 Å². The molecule has 0 radical (unpaired) electrons. The summed E-state index contributed by atoms with van der Waals surface area (Å²) in [6.07, 6.45) is 0. The van der Waals surface area contributed by atoms with Crippen molar-refractivity contribution in [3.8, 4) is 33.4 Å². The van der Waals surface area contributed by atoms with E-state index in [1.54, 1.807) is 0 Å². The van der Waals surface area contributed by atoms with Gasteiger partial charge in [0.2, 0.25) is 0 Å². The molecule has 0 spiro atoms. The van der Waals surface area contributed by atoms with Crippen molar-refractivity contribution in [1.29, 1.82) is 0 Å². The molecule has 0 saturated carbocycles. The summed E-state index contributed by atoms with van der Waals surface area (Å²) in [5, 5.41) is 14.2. The van der Waals surface area contributed by atoms with E-state index in [2.05, 4.69) is 241 Å². The smallest absolute Gasteiger partial charge is 0.143 e. The predicted molar refractivity (Wildman–Crippen MR) is 282 cm³/mol. The van der Waals surface area contributed by atoms with Crippen LogP contribution in [0.4, 0.5) is 17.1 Å². The van der Waals surface area contributed by atoms with Crippen LogP contribution in [0, 0.1) is 0 Å². The summed E-state index contributed by atoms with van der Waals surface area (Å²) in [5.41, 5.74) is 13.8. The second-order valence-electron chi connectivity index (χ2n) is 17.6. The average molecular weight is 854 g/mol. The highest BCUT2D eigenvalue weighted by Crippen LogP contribution is 2.44. The fourth-order valence-electron chi connectivity index (χ4n) is 10.6. The molecule has 0 aliphatic carbocycles. The summed E-state index contributed by atoms with van der Waals surface area (Å²) in [6, 6.07) is 85.2. The molecule has 0 saturated heterocycles. The van der Waals surface area contributed by atoms with E-state index >= 15 is 0 Å². The van der Waals surface area contributed by atoms with Crippen molar-refractivity contribution in [2.45, 2.75) is 0 Å². The number of fused-ring (bicyclic) bond motifs is 13. The molecule has 0 aliphatic rings. The van der Waals surface area contributed by atoms with Crippen LogP contribution >= 0.6 is 0 Å². The minimum absolute atomic E-state index is 0.891. The van der Waals surface area contributed by atoms with E-state index in [9.17, 15) is 0 Å². The van der Waals surface area contributed by atoms with E-state index < -0.39 is 0 Å². The second kappa shape index (κ2) is 14.8. The topological polar surface area (TPSA) is 29.5 Å². The van der Waals surface area contributed by atoms with Gasteiger partial charge in [0.25, 0.3) is 0 Å². The maximum atomic E-state index is 6.57. The molecule has 0 bridgehead atoms. The van der Waals surface area contributed by atoms with Crippen LogP contribution in [0.1, 0.15) is 0 Å². The van der Waals surface area contributed by atoms with Gasteiger partial charge in [-0.3, -0.25) is 0 Å². The van der Waals surface area contributed by atoms with Gasteiger partial charge in [0, 0.05) is 49.4 Å². The minimum atomic E-state index is 0.891. The number of nitrogens with zero attached hydrogens (tertiary/aromatic N) is 1. The van der Waals surface area contributed by atoms with Gasteiger partial charge in [-0.25, -0.2) is 0 Å². The lowest BCUT2D eigenvalue weighted by atomic mass is 9.97. The zero-order chi connectivity index (χ0) is 44.0. The van der Waals surface area contributed by atoms with Gasteiger partial charge in [0.15, 0.2) is 0 Å². The van der Waals surface area contributed by atoms with Crippen LogP contribution in [0.5, 0.6) is 0 Å². The van der Waals surface area contributed by atoms with Gasteiger partial charge < -0.3 is 13.7 Å². The maximum Gasteiger partial charge on any atom is 0.143 e. The third-order valence-electron chi connectivity index (χ3n) is 13.9. The molecule has 2 aromatic heterocycles. The van der Waals surface area contributed by atoms with Crippen LogP contribution in [-0.2, 0) is 0 Å². The van der Waals surface area contributed by atoms with E-state index in [0.717, 1.165) is 94.0 Å². The first-order valence-corrected chi connectivity index (χ1v) is 22.9. The van der Waals surface area contributed by atoms with E-state index in [1.807, 2.05) is 0 Å². The molecule has 0 unspecified atom stereocenters. The summed E-state index contributed by atoms with van der Waals surface area (Å²) in [5.74, 6) is 0. The van der Waals surface area contributed by atoms with Crippen LogP contribution < -0.4 is 4.90 Å². The standard InChI is InChI=1S/C64H39NO2/c1-4-12-51-41(9-1)19-20-47-39-46(29-36-52(47)51)40-21-30-48(31-22-40)65(49-32-23-44(24-33-49)53-15-7-17-59-61(53)57-37-27-42-10-2-5-13-55(42)63(57)66-59)50-34-25-45(26-35-50)54-16-8-18-60-62(54)58-38-28-43-11-3-6-14-56(43)64(58)67-60/h1-39H. The fraction of sp³-hybridized carbons (Fsp3) is 0. The third kappa shape index (κ3) is 5.99. The lowest BCUT2D eigenvalue weighted by molar-refractivity contribution is 0.672. The molecule has 0 aliphatic heterocycles. The SMILES string of the molecule is c1ccc2c(c1)ccc1cc(-c3ccc(N(c4ccc(-c5cccc6oc7c8ccccc8ccc7c56)cc4)c4ccc(-c5cccc6oc7c8ccccc8ccc7c56)cc4)cc3)ccc12. The molecule has 12 aromatic carbocycles. The number of hydrogen-bond donors (Lipinski definition) is 0. The molecular weight excluding hydrogens is 815 g/mol. The number of benzene rings is 12. The Morgan fingerprint density at radius 3 is 1.16 bits per heavy atom. The van der Waals surface area contributed by atoms with Crippen LogP contribution in [0.2, 0.25) is 0 Å². The molecule has 67 heavy (non-hydrogen) atoms. The number of rotatable bonds is 6. The van der Waals surface area contributed by atoms with Crippen molar-refractivity contribution in [2.75, 3.05) is 4.90 Å². The highest BCUT2D eigenvalue weighted by molar-refractivity contribution is 6.20. The van der Waals surface area contributed by atoms with Crippen LogP contribution in [0.15, 0.2) is 245 Å². The average Bonchev–Trinajstić information content (AvgIpc) is 3.99. The van der Waals surface area contributed by atoms with Crippen molar-refractivity contribution in [1.82, 2.24) is 0 Å². The first kappa shape index (κ1) is 37.5. The summed E-state index contributed by atoms with van der Waals surface area (Å²) >= 11 is 0. The fourth-order valence-corrected chi connectivity index (χ4v) is 10.6. The summed E-state index contributed by atoms with van der Waals surface area (Å²) in [7, 11) is 0. The van der Waals surface area contributed by atoms with E-state index in [4.69, 9.17) is 8.83 Å². The Bertz CT molecular complexity index is 4060. The molecule has 0 N–H and O–H groups in total. The van der Waals surface area contributed by atoms with Crippen molar-refractivity contribution >= 4 is 104 Å². The molecule has 0 amide bonds. The normalized spacial score (nSPS) is 11.9. The van der Waals surface area contributed by atoms with Crippen LogP contribution in [0.25, 0.3) is 120 Å². The highest BCUT2D eigenvalue weighted by Gasteiger charge is 2.19. The summed E-state index contributed by atoms with van der Waals surface area (Å²) in [6.45, 7) is 0. The first-order valence-electron chi connectivity index (χ1n) is 22.9. The van der Waals surface area contributed by atoms with E-state index in [-0.39, 0.29) is 0 Å². The Kier molecular flexibility index (Phi) is 8.28. The zero-order valence-electron chi connectivity index (χ0n) is 36.3. The van der Waals surface area contributed by atoms with Crippen molar-refractivity contribution in [3.05, 3.63) is 237 Å². The Balaban J connectivity index is 0.870. The second-order valence-corrected chi connectivity index (χ2v) is 17.6. The monoisotopic (exact) mass is 853 g/mol. The third-order valence-corrected chi connectivity index (χ3v) is 13.9. The Morgan fingerprint density at radius 2 is 0.642 bits per heavy atom. The number of anilines is 3. The maximum absolute atomic E-state index is 6.57. The first-order chi connectivity index (χ1) is 33.2. The molecular formula is C64H39NO2. The Morgan fingerprint density at radius 1 is 0.254 bits per heavy atom. The Hall–Kier alpha value is -8.92. The van der Waals surface area contributed by atoms with E-state index in [1.165, 1.54) is 43.4 Å². The molecule has 14 aromatic rings. The van der Waals surface area contributed by atoms with Gasteiger partial charge >= 0.3 is 0 Å². The Labute approximate surface area is 386 Å². The summed E-state index contributed by atoms with van der Waals surface area (Å²) < 4.78 is 13.1. The molecule has 3 nitrogen and oxygen atoms in total. The lowest BCUT2D eigenvalue weighted by Gasteiger charge is -2.26. The van der Waals surface area contributed by atoms with Gasteiger partial charge in [-0.1, -0.05) is 170 Å². The highest BCUT2D eigenvalue weighted by atomic mass is 16.3. The van der Waals surface area contributed by atoms with E-state index in [0.29, 0.717) is 0 Å². The molecule has 14 rings (SSSR count). The molecule has 0 atom stereocenters. The minimum Gasteiger partial charge on any atom is -0.455 e. The largest absolute Gasteiger partial charge is 0.455 e. The van der Waals surface area contributed by atoms with Crippen molar-refractivity contribution in [3.63, 3.8) is 0 Å². The number of hydrogen-bond acceptors (Lipinski definition) is 3. The van der Waals surface area contributed by atoms with Gasteiger partial charge in [-0.05, 0) is 132 Å². The number of furan rings is 2. The van der Waals surface area contributed by atoms with Gasteiger partial charge in [0.1, 0.15) is 22.3 Å². The predicted octanol–water partition coefficient (Wildman–Crippen LogP) is 18.6. The van der Waals surface area contributed by atoms with Crippen LogP contribution in [0.3, 0.4) is 0 Å². The van der Waals surface area contributed by atoms with Crippen molar-refractivity contribution in [2.24, 2.45) is 0 Å². The van der Waals surface area contributed by atoms with Crippen LogP contribution in [-0.4, -0.2) is 0 Å². The summed E-state index contributed by atoms with van der Waals surface area (Å²) in [4.78, 5) is 2.35. The van der Waals surface area contributed by atoms with Gasteiger partial charge in [-0.15, -0.1) is 0 Å². The molecule has 0 fully saturated rings. The lowest BCUT2D eigenvalue weighted by Crippen LogP contribution is -2.09. The molecule has 3 heteroatoms. The zero-order valence-corrected chi connectivity index (χ0v) is 36.3.